The number of para-hydroxylation sites is 1. The zero-order chi connectivity index (χ0) is 14.9. The monoisotopic (exact) mass is 309 g/mol. The van der Waals surface area contributed by atoms with Crippen molar-refractivity contribution in [2.75, 3.05) is 0 Å². The van der Waals surface area contributed by atoms with Crippen LogP contribution in [0.25, 0.3) is 22.4 Å². The summed E-state index contributed by atoms with van der Waals surface area (Å²) >= 11 is 5.89. The highest BCUT2D eigenvalue weighted by Crippen LogP contribution is 2.26. The predicted octanol–water partition coefficient (Wildman–Crippen LogP) is 4.39. The summed E-state index contributed by atoms with van der Waals surface area (Å²) in [5.41, 5.74) is 2.69. The normalized spacial score (nSPS) is 11.1. The Morgan fingerprint density at radius 1 is 1.05 bits per heavy atom. The van der Waals surface area contributed by atoms with Crippen LogP contribution < -0.4 is 0 Å². The van der Waals surface area contributed by atoms with Gasteiger partial charge in [-0.05, 0) is 29.8 Å². The maximum Gasteiger partial charge on any atom is 0.157 e. The van der Waals surface area contributed by atoms with E-state index in [1.54, 1.807) is 4.68 Å². The number of halogens is 1. The number of hydrogen-bond acceptors (Lipinski definition) is 3. The zero-order valence-electron chi connectivity index (χ0n) is 11.6. The highest BCUT2D eigenvalue weighted by atomic mass is 35.5. The molecule has 0 aliphatic heterocycles. The number of rotatable bonds is 3. The molecule has 5 heteroatoms. The fourth-order valence-electron chi connectivity index (χ4n) is 2.37. The Bertz CT molecular complexity index is 891. The van der Waals surface area contributed by atoms with Gasteiger partial charge in [0.1, 0.15) is 11.3 Å². The van der Waals surface area contributed by atoms with E-state index in [0.29, 0.717) is 6.54 Å². The average Bonchev–Trinajstić information content (AvgIpc) is 3.15. The molecular weight excluding hydrogens is 298 g/mol. The Balaban J connectivity index is 1.61. The van der Waals surface area contributed by atoms with Crippen LogP contribution in [0.2, 0.25) is 5.02 Å². The molecule has 4 rings (SSSR count). The molecule has 108 valence electrons. The van der Waals surface area contributed by atoms with Crippen LogP contribution >= 0.6 is 11.6 Å². The maximum atomic E-state index is 5.89. The number of hydrogen-bond donors (Lipinski definition) is 0. The standard InChI is InChI=1S/C17H12ClN3O/c18-14-7-5-12(6-8-14)10-21-11-15(19-20-21)17-9-13-3-1-2-4-16(13)22-17/h1-9,11H,10H2. The Morgan fingerprint density at radius 3 is 2.68 bits per heavy atom. The van der Waals surface area contributed by atoms with Gasteiger partial charge in [0.05, 0.1) is 12.7 Å². The Morgan fingerprint density at radius 2 is 1.86 bits per heavy atom. The van der Waals surface area contributed by atoms with Crippen molar-refractivity contribution in [1.29, 1.82) is 0 Å². The molecule has 22 heavy (non-hydrogen) atoms. The Kier molecular flexibility index (Phi) is 3.16. The highest BCUT2D eigenvalue weighted by Gasteiger charge is 2.10. The van der Waals surface area contributed by atoms with Gasteiger partial charge in [-0.15, -0.1) is 5.10 Å². The van der Waals surface area contributed by atoms with Crippen LogP contribution in [0.5, 0.6) is 0 Å². The molecule has 4 nitrogen and oxygen atoms in total. The van der Waals surface area contributed by atoms with Crippen LogP contribution in [0.15, 0.2) is 65.2 Å². The van der Waals surface area contributed by atoms with Crippen molar-refractivity contribution in [1.82, 2.24) is 15.0 Å². The zero-order valence-corrected chi connectivity index (χ0v) is 12.4. The highest BCUT2D eigenvalue weighted by molar-refractivity contribution is 6.30. The molecule has 0 unspecified atom stereocenters. The van der Waals surface area contributed by atoms with E-state index in [9.17, 15) is 0 Å². The van der Waals surface area contributed by atoms with Gasteiger partial charge >= 0.3 is 0 Å². The van der Waals surface area contributed by atoms with E-state index in [2.05, 4.69) is 10.3 Å². The number of nitrogens with zero attached hydrogens (tertiary/aromatic N) is 3. The fraction of sp³-hybridized carbons (Fsp3) is 0.0588. The number of aromatic nitrogens is 3. The van der Waals surface area contributed by atoms with Gasteiger partial charge in [-0.2, -0.15) is 0 Å². The first kappa shape index (κ1) is 13.1. The third-order valence-electron chi connectivity index (χ3n) is 3.47. The number of benzene rings is 2. The van der Waals surface area contributed by atoms with Gasteiger partial charge in [0, 0.05) is 10.4 Å². The van der Waals surface area contributed by atoms with E-state index in [1.165, 1.54) is 0 Å². The molecule has 0 saturated carbocycles. The summed E-state index contributed by atoms with van der Waals surface area (Å²) in [6.07, 6.45) is 1.88. The van der Waals surface area contributed by atoms with E-state index in [-0.39, 0.29) is 0 Å². The van der Waals surface area contributed by atoms with Crippen LogP contribution in [0.4, 0.5) is 0 Å². The SMILES string of the molecule is Clc1ccc(Cn2cc(-c3cc4ccccc4o3)nn2)cc1. The number of furan rings is 1. The molecule has 0 saturated heterocycles. The third-order valence-corrected chi connectivity index (χ3v) is 3.73. The minimum Gasteiger partial charge on any atom is -0.454 e. The minimum absolute atomic E-state index is 0.643. The average molecular weight is 310 g/mol. The summed E-state index contributed by atoms with van der Waals surface area (Å²) in [7, 11) is 0. The van der Waals surface area contributed by atoms with E-state index < -0.39 is 0 Å². The molecule has 2 heterocycles. The molecule has 0 aliphatic rings. The molecule has 0 N–H and O–H groups in total. The van der Waals surface area contributed by atoms with Crippen LogP contribution in [-0.4, -0.2) is 15.0 Å². The largest absolute Gasteiger partial charge is 0.454 e. The topological polar surface area (TPSA) is 43.9 Å². The van der Waals surface area contributed by atoms with Crippen molar-refractivity contribution in [2.45, 2.75) is 6.54 Å². The van der Waals surface area contributed by atoms with Gasteiger partial charge in [0.15, 0.2) is 5.76 Å². The van der Waals surface area contributed by atoms with E-state index in [1.807, 2.05) is 60.8 Å². The Hall–Kier alpha value is -2.59. The van der Waals surface area contributed by atoms with Crippen LogP contribution in [0, 0.1) is 0 Å². The molecule has 4 aromatic rings. The molecule has 0 amide bonds. The van der Waals surface area contributed by atoms with Gasteiger partial charge in [-0.1, -0.05) is 47.1 Å². The fourth-order valence-corrected chi connectivity index (χ4v) is 2.50. The van der Waals surface area contributed by atoms with Crippen molar-refractivity contribution < 1.29 is 4.42 Å². The van der Waals surface area contributed by atoms with Crippen LogP contribution in [0.1, 0.15) is 5.56 Å². The lowest BCUT2D eigenvalue weighted by molar-refractivity contribution is 0.627. The second kappa shape index (κ2) is 5.31. The second-order valence-corrected chi connectivity index (χ2v) is 5.51. The van der Waals surface area contributed by atoms with Crippen LogP contribution in [-0.2, 0) is 6.54 Å². The third kappa shape index (κ3) is 2.49. The Labute approximate surface area is 131 Å². The lowest BCUT2D eigenvalue weighted by Crippen LogP contribution is -1.99. The molecule has 0 spiro atoms. The predicted molar refractivity (Wildman–Crippen MR) is 85.8 cm³/mol. The minimum atomic E-state index is 0.643. The molecule has 2 aromatic carbocycles. The van der Waals surface area contributed by atoms with E-state index >= 15 is 0 Å². The van der Waals surface area contributed by atoms with E-state index in [0.717, 1.165) is 33.0 Å². The van der Waals surface area contributed by atoms with Crippen molar-refractivity contribution in [3.05, 3.63) is 71.4 Å². The molecule has 0 fully saturated rings. The molecule has 2 aromatic heterocycles. The van der Waals surface area contributed by atoms with Crippen LogP contribution in [0.3, 0.4) is 0 Å². The summed E-state index contributed by atoms with van der Waals surface area (Å²) in [5, 5.41) is 10.1. The van der Waals surface area contributed by atoms with E-state index in [4.69, 9.17) is 16.0 Å². The van der Waals surface area contributed by atoms with Gasteiger partial charge in [0.2, 0.25) is 0 Å². The lowest BCUT2D eigenvalue weighted by Gasteiger charge is -2.00. The molecule has 0 bridgehead atoms. The van der Waals surface area contributed by atoms with Crippen molar-refractivity contribution in [2.24, 2.45) is 0 Å². The number of fused-ring (bicyclic) bond motifs is 1. The lowest BCUT2D eigenvalue weighted by atomic mass is 10.2. The first-order valence-corrected chi connectivity index (χ1v) is 7.29. The van der Waals surface area contributed by atoms with Gasteiger partial charge in [-0.25, -0.2) is 4.68 Å². The van der Waals surface area contributed by atoms with Crippen molar-refractivity contribution in [3.8, 4) is 11.5 Å². The molecule has 0 radical (unpaired) electrons. The summed E-state index contributed by atoms with van der Waals surface area (Å²) in [5.74, 6) is 0.726. The second-order valence-electron chi connectivity index (χ2n) is 5.08. The van der Waals surface area contributed by atoms with Gasteiger partial charge in [-0.3, -0.25) is 0 Å². The van der Waals surface area contributed by atoms with Crippen molar-refractivity contribution >= 4 is 22.6 Å². The molecule has 0 aliphatic carbocycles. The summed E-state index contributed by atoms with van der Waals surface area (Å²) in [6, 6.07) is 17.6. The summed E-state index contributed by atoms with van der Waals surface area (Å²) < 4.78 is 7.58. The molecular formula is C17H12ClN3O. The summed E-state index contributed by atoms with van der Waals surface area (Å²) in [6.45, 7) is 0.643. The molecule has 0 atom stereocenters. The first-order chi connectivity index (χ1) is 10.8. The van der Waals surface area contributed by atoms with Gasteiger partial charge in [0.25, 0.3) is 0 Å². The first-order valence-electron chi connectivity index (χ1n) is 6.91. The summed E-state index contributed by atoms with van der Waals surface area (Å²) in [4.78, 5) is 0. The maximum absolute atomic E-state index is 5.89. The quantitative estimate of drug-likeness (QED) is 0.563. The van der Waals surface area contributed by atoms with Crippen molar-refractivity contribution in [3.63, 3.8) is 0 Å². The smallest absolute Gasteiger partial charge is 0.157 e. The van der Waals surface area contributed by atoms with Gasteiger partial charge < -0.3 is 4.42 Å².